The lowest BCUT2D eigenvalue weighted by Gasteiger charge is -2.21. The van der Waals surface area contributed by atoms with Crippen molar-refractivity contribution >= 4 is 11.3 Å². The molecule has 2 unspecified atom stereocenters. The number of ether oxygens (including phenoxy) is 1. The molecular weight excluding hydrogens is 315 g/mol. The molecular formula is C17H23FN2O2S. The molecule has 0 saturated carbocycles. The lowest BCUT2D eigenvalue weighted by Crippen LogP contribution is -2.24. The zero-order valence-corrected chi connectivity index (χ0v) is 14.7. The number of likely N-dealkylation sites (N-methyl/N-ethyl adjacent to an activating group) is 1. The van der Waals surface area contributed by atoms with E-state index in [1.54, 1.807) is 31.4 Å². The molecule has 2 rings (SSSR count). The summed E-state index contributed by atoms with van der Waals surface area (Å²) < 4.78 is 18.4. The maximum Gasteiger partial charge on any atom is 0.123 e. The maximum absolute atomic E-state index is 13.1. The van der Waals surface area contributed by atoms with E-state index in [-0.39, 0.29) is 11.9 Å². The van der Waals surface area contributed by atoms with Crippen molar-refractivity contribution in [2.24, 2.45) is 0 Å². The van der Waals surface area contributed by atoms with Crippen LogP contribution in [0.5, 0.6) is 0 Å². The molecule has 2 aromatic rings. The van der Waals surface area contributed by atoms with Gasteiger partial charge in [-0.05, 0) is 44.2 Å². The van der Waals surface area contributed by atoms with Gasteiger partial charge in [0.25, 0.3) is 0 Å². The third-order valence-corrected chi connectivity index (χ3v) is 4.83. The quantitative estimate of drug-likeness (QED) is 0.840. The highest BCUT2D eigenvalue weighted by Gasteiger charge is 2.15. The van der Waals surface area contributed by atoms with Gasteiger partial charge in [-0.15, -0.1) is 11.3 Å². The number of thiazole rings is 1. The van der Waals surface area contributed by atoms with Gasteiger partial charge in [-0.3, -0.25) is 4.90 Å². The molecule has 126 valence electrons. The smallest absolute Gasteiger partial charge is 0.123 e. The number of halogens is 1. The van der Waals surface area contributed by atoms with Crippen LogP contribution in [0.25, 0.3) is 0 Å². The zero-order chi connectivity index (χ0) is 17.0. The molecule has 4 nitrogen and oxygen atoms in total. The second kappa shape index (κ2) is 7.97. The Morgan fingerprint density at radius 2 is 2.17 bits per heavy atom. The van der Waals surface area contributed by atoms with Gasteiger partial charge < -0.3 is 9.84 Å². The first-order valence-corrected chi connectivity index (χ1v) is 8.38. The fourth-order valence-electron chi connectivity index (χ4n) is 2.43. The van der Waals surface area contributed by atoms with E-state index in [1.807, 2.05) is 24.3 Å². The van der Waals surface area contributed by atoms with E-state index in [0.29, 0.717) is 13.1 Å². The average Bonchev–Trinajstić information content (AvgIpc) is 2.94. The lowest BCUT2D eigenvalue weighted by molar-refractivity contribution is 0.117. The van der Waals surface area contributed by atoms with Crippen molar-refractivity contribution in [2.45, 2.75) is 32.6 Å². The predicted molar refractivity (Wildman–Crippen MR) is 90.0 cm³/mol. The lowest BCUT2D eigenvalue weighted by atomic mass is 10.0. The summed E-state index contributed by atoms with van der Waals surface area (Å²) in [6, 6.07) is 4.46. The zero-order valence-electron chi connectivity index (χ0n) is 13.9. The molecule has 0 bridgehead atoms. The van der Waals surface area contributed by atoms with Crippen LogP contribution in [-0.2, 0) is 11.3 Å². The number of benzene rings is 1. The van der Waals surface area contributed by atoms with Crippen LogP contribution in [0.4, 0.5) is 4.39 Å². The molecule has 0 saturated heterocycles. The molecule has 0 aliphatic carbocycles. The number of nitrogens with zero attached hydrogens (tertiary/aromatic N) is 2. The molecule has 2 atom stereocenters. The van der Waals surface area contributed by atoms with E-state index < -0.39 is 6.10 Å². The molecule has 0 radical (unpaired) electrons. The number of aryl methyl sites for hydroxylation is 1. The minimum Gasteiger partial charge on any atom is -0.387 e. The highest BCUT2D eigenvalue weighted by atomic mass is 32.1. The second-order valence-electron chi connectivity index (χ2n) is 5.77. The molecule has 23 heavy (non-hydrogen) atoms. The summed E-state index contributed by atoms with van der Waals surface area (Å²) in [5, 5.41) is 13.3. The SMILES string of the molecule is COC(C)c1nc(CN(C)CC(O)c2ccc(F)cc2C)cs1. The molecule has 1 aromatic heterocycles. The summed E-state index contributed by atoms with van der Waals surface area (Å²) in [4.78, 5) is 6.55. The Morgan fingerprint density at radius 3 is 2.83 bits per heavy atom. The first kappa shape index (κ1) is 18.0. The van der Waals surface area contributed by atoms with E-state index in [9.17, 15) is 9.50 Å². The van der Waals surface area contributed by atoms with Crippen LogP contribution in [0.1, 0.15) is 41.0 Å². The minimum absolute atomic E-state index is 0.00786. The number of hydrogen-bond acceptors (Lipinski definition) is 5. The monoisotopic (exact) mass is 338 g/mol. The van der Waals surface area contributed by atoms with Crippen molar-refractivity contribution < 1.29 is 14.2 Å². The molecule has 1 aromatic carbocycles. The van der Waals surface area contributed by atoms with Gasteiger partial charge in [-0.2, -0.15) is 0 Å². The molecule has 6 heteroatoms. The number of hydrogen-bond donors (Lipinski definition) is 1. The summed E-state index contributed by atoms with van der Waals surface area (Å²) in [5.41, 5.74) is 2.47. The van der Waals surface area contributed by atoms with Crippen LogP contribution < -0.4 is 0 Å². The fourth-order valence-corrected chi connectivity index (χ4v) is 3.27. The normalized spacial score (nSPS) is 14.2. The molecule has 0 amide bonds. The first-order chi connectivity index (χ1) is 10.9. The van der Waals surface area contributed by atoms with Crippen molar-refractivity contribution in [3.63, 3.8) is 0 Å². The summed E-state index contributed by atoms with van der Waals surface area (Å²) in [7, 11) is 3.60. The number of aliphatic hydroxyl groups excluding tert-OH is 1. The van der Waals surface area contributed by atoms with E-state index in [1.165, 1.54) is 12.1 Å². The Balaban J connectivity index is 1.96. The molecule has 1 N–H and O–H groups in total. The Labute approximate surface area is 140 Å². The van der Waals surface area contributed by atoms with Gasteiger partial charge in [0, 0.05) is 25.6 Å². The Morgan fingerprint density at radius 1 is 1.43 bits per heavy atom. The number of methoxy groups -OCH3 is 1. The van der Waals surface area contributed by atoms with Gasteiger partial charge in [-0.25, -0.2) is 9.37 Å². The van der Waals surface area contributed by atoms with Crippen LogP contribution in [0.3, 0.4) is 0 Å². The van der Waals surface area contributed by atoms with Crippen LogP contribution >= 0.6 is 11.3 Å². The van der Waals surface area contributed by atoms with Gasteiger partial charge in [0.1, 0.15) is 16.9 Å². The minimum atomic E-state index is -0.656. The summed E-state index contributed by atoms with van der Waals surface area (Å²) in [5.74, 6) is -0.283. The number of aromatic nitrogens is 1. The number of aliphatic hydroxyl groups is 1. The first-order valence-electron chi connectivity index (χ1n) is 7.50. The van der Waals surface area contributed by atoms with Crippen molar-refractivity contribution in [3.8, 4) is 0 Å². The topological polar surface area (TPSA) is 45.6 Å². The van der Waals surface area contributed by atoms with E-state index >= 15 is 0 Å². The van der Waals surface area contributed by atoms with Crippen molar-refractivity contribution in [1.82, 2.24) is 9.88 Å². The molecule has 0 aliphatic rings. The summed E-state index contributed by atoms with van der Waals surface area (Å²) >= 11 is 1.58. The van der Waals surface area contributed by atoms with E-state index in [0.717, 1.165) is 21.8 Å². The molecule has 0 fully saturated rings. The van der Waals surface area contributed by atoms with Crippen molar-refractivity contribution in [2.75, 3.05) is 20.7 Å². The molecule has 1 heterocycles. The Hall–Kier alpha value is -1.34. The predicted octanol–water partition coefficient (Wildman–Crippen LogP) is 3.46. The van der Waals surface area contributed by atoms with Gasteiger partial charge >= 0.3 is 0 Å². The fraction of sp³-hybridized carbons (Fsp3) is 0.471. The maximum atomic E-state index is 13.1. The Kier molecular flexibility index (Phi) is 6.24. The summed E-state index contributed by atoms with van der Waals surface area (Å²) in [6.07, 6.45) is -0.664. The van der Waals surface area contributed by atoms with Gasteiger partial charge in [0.15, 0.2) is 0 Å². The van der Waals surface area contributed by atoms with Crippen molar-refractivity contribution in [1.29, 1.82) is 0 Å². The average molecular weight is 338 g/mol. The van der Waals surface area contributed by atoms with Crippen LogP contribution in [0.15, 0.2) is 23.6 Å². The highest BCUT2D eigenvalue weighted by molar-refractivity contribution is 7.09. The third-order valence-electron chi connectivity index (χ3n) is 3.78. The summed E-state index contributed by atoms with van der Waals surface area (Å²) in [6.45, 7) is 4.87. The van der Waals surface area contributed by atoms with E-state index in [2.05, 4.69) is 4.98 Å². The van der Waals surface area contributed by atoms with Gasteiger partial charge in [0.05, 0.1) is 11.8 Å². The van der Waals surface area contributed by atoms with Crippen molar-refractivity contribution in [3.05, 3.63) is 51.2 Å². The van der Waals surface area contributed by atoms with Crippen LogP contribution in [-0.4, -0.2) is 35.7 Å². The molecule has 0 aliphatic heterocycles. The van der Waals surface area contributed by atoms with Gasteiger partial charge in [0.2, 0.25) is 0 Å². The van der Waals surface area contributed by atoms with Crippen LogP contribution in [0.2, 0.25) is 0 Å². The highest BCUT2D eigenvalue weighted by Crippen LogP contribution is 2.22. The molecule has 0 spiro atoms. The largest absolute Gasteiger partial charge is 0.387 e. The van der Waals surface area contributed by atoms with Gasteiger partial charge in [-0.1, -0.05) is 6.07 Å². The third kappa shape index (κ3) is 4.81. The Bertz CT molecular complexity index is 647. The van der Waals surface area contributed by atoms with E-state index in [4.69, 9.17) is 4.74 Å². The van der Waals surface area contributed by atoms with Crippen LogP contribution in [0, 0.1) is 12.7 Å². The standard InChI is InChI=1S/C17H23FN2O2S/c1-11-7-13(18)5-6-15(11)16(21)9-20(3)8-14-10-23-17(19-14)12(2)22-4/h5-7,10,12,16,21H,8-9H2,1-4H3. The second-order valence-corrected chi connectivity index (χ2v) is 6.66. The number of rotatable bonds is 7.